The second-order valence-corrected chi connectivity index (χ2v) is 4.18. The van der Waals surface area contributed by atoms with Crippen LogP contribution in [0.15, 0.2) is 18.1 Å². The number of carbonyl (C=O) groups is 1. The SMILES string of the molecule is O=C(O)c1cnc(N2CCC=C(F)C2)s1. The van der Waals surface area contributed by atoms with Crippen molar-refractivity contribution in [2.45, 2.75) is 6.42 Å². The van der Waals surface area contributed by atoms with E-state index >= 15 is 0 Å². The Hall–Kier alpha value is -1.43. The summed E-state index contributed by atoms with van der Waals surface area (Å²) in [6.07, 6.45) is 3.48. The third-order valence-corrected chi connectivity index (χ3v) is 3.13. The number of nitrogens with zero attached hydrogens (tertiary/aromatic N) is 2. The third kappa shape index (κ3) is 2.15. The van der Waals surface area contributed by atoms with Gasteiger partial charge in [-0.05, 0) is 12.5 Å². The summed E-state index contributed by atoms with van der Waals surface area (Å²) < 4.78 is 13.0. The number of carboxylic acids is 1. The van der Waals surface area contributed by atoms with Gasteiger partial charge < -0.3 is 10.0 Å². The molecule has 0 bridgehead atoms. The smallest absolute Gasteiger partial charge is 0.347 e. The van der Waals surface area contributed by atoms with Crippen LogP contribution in [-0.2, 0) is 0 Å². The van der Waals surface area contributed by atoms with Crippen LogP contribution in [0.3, 0.4) is 0 Å². The molecule has 0 saturated carbocycles. The highest BCUT2D eigenvalue weighted by molar-refractivity contribution is 7.17. The first-order valence-electron chi connectivity index (χ1n) is 4.45. The molecule has 0 amide bonds. The molecule has 0 aromatic carbocycles. The van der Waals surface area contributed by atoms with Crippen molar-refractivity contribution in [2.24, 2.45) is 0 Å². The number of aromatic carboxylic acids is 1. The Morgan fingerprint density at radius 1 is 1.67 bits per heavy atom. The Balaban J connectivity index is 2.16. The molecule has 0 atom stereocenters. The molecule has 2 rings (SSSR count). The summed E-state index contributed by atoms with van der Waals surface area (Å²) in [6.45, 7) is 0.868. The molecule has 0 saturated heterocycles. The van der Waals surface area contributed by atoms with Gasteiger partial charge in [-0.3, -0.25) is 0 Å². The zero-order valence-corrected chi connectivity index (χ0v) is 8.63. The molecular weight excluding hydrogens is 219 g/mol. The fourth-order valence-electron chi connectivity index (χ4n) is 1.38. The molecule has 2 heterocycles. The fraction of sp³-hybridized carbons (Fsp3) is 0.333. The number of hydrogen-bond donors (Lipinski definition) is 1. The maximum absolute atomic E-state index is 13.0. The number of rotatable bonds is 2. The van der Waals surface area contributed by atoms with Crippen molar-refractivity contribution >= 4 is 22.4 Å². The second-order valence-electron chi connectivity index (χ2n) is 3.17. The molecule has 4 nitrogen and oxygen atoms in total. The van der Waals surface area contributed by atoms with Gasteiger partial charge in [-0.1, -0.05) is 11.3 Å². The van der Waals surface area contributed by atoms with Crippen LogP contribution >= 0.6 is 11.3 Å². The Morgan fingerprint density at radius 3 is 3.07 bits per heavy atom. The highest BCUT2D eigenvalue weighted by Gasteiger charge is 2.17. The number of aromatic nitrogens is 1. The zero-order valence-electron chi connectivity index (χ0n) is 7.81. The van der Waals surface area contributed by atoms with Gasteiger partial charge in [-0.2, -0.15) is 0 Å². The van der Waals surface area contributed by atoms with Crippen molar-refractivity contribution in [3.8, 4) is 0 Å². The minimum atomic E-state index is -0.994. The van der Waals surface area contributed by atoms with Crippen LogP contribution < -0.4 is 4.90 Å². The molecule has 80 valence electrons. The van der Waals surface area contributed by atoms with Gasteiger partial charge in [0.05, 0.1) is 12.7 Å². The molecule has 0 spiro atoms. The predicted octanol–water partition coefficient (Wildman–Crippen LogP) is 1.90. The van der Waals surface area contributed by atoms with E-state index < -0.39 is 5.97 Å². The first-order valence-corrected chi connectivity index (χ1v) is 5.27. The van der Waals surface area contributed by atoms with Crippen molar-refractivity contribution < 1.29 is 14.3 Å². The van der Waals surface area contributed by atoms with E-state index in [1.807, 2.05) is 0 Å². The van der Waals surface area contributed by atoms with Gasteiger partial charge >= 0.3 is 5.97 Å². The van der Waals surface area contributed by atoms with Crippen LogP contribution in [0.1, 0.15) is 16.1 Å². The van der Waals surface area contributed by atoms with Crippen molar-refractivity contribution in [2.75, 3.05) is 18.0 Å². The third-order valence-electron chi connectivity index (χ3n) is 2.08. The maximum atomic E-state index is 13.0. The number of hydrogen-bond acceptors (Lipinski definition) is 4. The van der Waals surface area contributed by atoms with E-state index in [0.717, 1.165) is 11.3 Å². The fourth-order valence-corrected chi connectivity index (χ4v) is 2.16. The molecule has 0 fully saturated rings. The largest absolute Gasteiger partial charge is 0.477 e. The van der Waals surface area contributed by atoms with Gasteiger partial charge in [-0.25, -0.2) is 14.2 Å². The summed E-state index contributed by atoms with van der Waals surface area (Å²) in [5.74, 6) is -1.18. The first-order chi connectivity index (χ1) is 7.16. The van der Waals surface area contributed by atoms with Gasteiger partial charge in [0.1, 0.15) is 10.7 Å². The van der Waals surface area contributed by atoms with E-state index in [1.54, 1.807) is 11.0 Å². The quantitative estimate of drug-likeness (QED) is 0.840. The van der Waals surface area contributed by atoms with E-state index in [9.17, 15) is 9.18 Å². The summed E-state index contributed by atoms with van der Waals surface area (Å²) in [5.41, 5.74) is 0. The van der Waals surface area contributed by atoms with Gasteiger partial charge in [0.25, 0.3) is 0 Å². The van der Waals surface area contributed by atoms with Crippen LogP contribution in [0.25, 0.3) is 0 Å². The number of halogens is 1. The van der Waals surface area contributed by atoms with Gasteiger partial charge in [0.15, 0.2) is 5.13 Å². The van der Waals surface area contributed by atoms with Crippen LogP contribution in [0.2, 0.25) is 0 Å². The van der Waals surface area contributed by atoms with Crippen LogP contribution in [0, 0.1) is 0 Å². The molecule has 0 unspecified atom stereocenters. The lowest BCUT2D eigenvalue weighted by molar-refractivity contribution is 0.0702. The number of thiazole rings is 1. The van der Waals surface area contributed by atoms with Gasteiger partial charge in [0, 0.05) is 6.54 Å². The van der Waals surface area contributed by atoms with Crippen LogP contribution in [-0.4, -0.2) is 29.1 Å². The summed E-state index contributed by atoms with van der Waals surface area (Å²) >= 11 is 1.07. The van der Waals surface area contributed by atoms with E-state index in [0.29, 0.717) is 18.1 Å². The Morgan fingerprint density at radius 2 is 2.47 bits per heavy atom. The normalized spacial score (nSPS) is 16.3. The van der Waals surface area contributed by atoms with Crippen molar-refractivity contribution in [1.82, 2.24) is 4.98 Å². The Kier molecular flexibility index (Phi) is 2.68. The Bertz CT molecular complexity index is 416. The lowest BCUT2D eigenvalue weighted by atomic mass is 10.2. The standard InChI is InChI=1S/C9H9FN2O2S/c10-6-2-1-3-12(5-6)9-11-4-7(15-9)8(13)14/h2,4H,1,3,5H2,(H,13,14). The molecule has 6 heteroatoms. The van der Waals surface area contributed by atoms with Crippen LogP contribution in [0.5, 0.6) is 0 Å². The van der Waals surface area contributed by atoms with E-state index in [-0.39, 0.29) is 17.2 Å². The summed E-state index contributed by atoms with van der Waals surface area (Å²) in [6, 6.07) is 0. The summed E-state index contributed by atoms with van der Waals surface area (Å²) in [7, 11) is 0. The average molecular weight is 228 g/mol. The van der Waals surface area contributed by atoms with Crippen LogP contribution in [0.4, 0.5) is 9.52 Å². The summed E-state index contributed by atoms with van der Waals surface area (Å²) in [4.78, 5) is 16.5. The van der Waals surface area contributed by atoms with Gasteiger partial charge in [0.2, 0.25) is 0 Å². The van der Waals surface area contributed by atoms with Gasteiger partial charge in [-0.15, -0.1) is 0 Å². The zero-order chi connectivity index (χ0) is 10.8. The molecule has 15 heavy (non-hydrogen) atoms. The average Bonchev–Trinajstić information content (AvgIpc) is 2.66. The molecule has 0 aliphatic carbocycles. The van der Waals surface area contributed by atoms with E-state index in [1.165, 1.54) is 6.20 Å². The molecule has 1 aliphatic rings. The molecule has 1 aromatic heterocycles. The first kappa shape index (κ1) is 10.1. The molecule has 1 aromatic rings. The monoisotopic (exact) mass is 228 g/mol. The Labute approximate surface area is 89.7 Å². The highest BCUT2D eigenvalue weighted by Crippen LogP contribution is 2.25. The second kappa shape index (κ2) is 3.98. The summed E-state index contributed by atoms with van der Waals surface area (Å²) in [5, 5.41) is 9.28. The lowest BCUT2D eigenvalue weighted by Crippen LogP contribution is -2.28. The molecule has 1 aliphatic heterocycles. The van der Waals surface area contributed by atoms with Crippen molar-refractivity contribution in [1.29, 1.82) is 0 Å². The highest BCUT2D eigenvalue weighted by atomic mass is 32.1. The number of carboxylic acid groups (broad SMARTS) is 1. The topological polar surface area (TPSA) is 53.4 Å². The van der Waals surface area contributed by atoms with Crippen molar-refractivity contribution in [3.63, 3.8) is 0 Å². The number of anilines is 1. The maximum Gasteiger partial charge on any atom is 0.347 e. The predicted molar refractivity (Wildman–Crippen MR) is 55.1 cm³/mol. The lowest BCUT2D eigenvalue weighted by Gasteiger charge is -2.23. The minimum absolute atomic E-state index is 0.181. The molecule has 1 N–H and O–H groups in total. The van der Waals surface area contributed by atoms with E-state index in [4.69, 9.17) is 5.11 Å². The van der Waals surface area contributed by atoms with Crippen molar-refractivity contribution in [3.05, 3.63) is 23.0 Å². The molecule has 0 radical (unpaired) electrons. The molecular formula is C9H9FN2O2S. The minimum Gasteiger partial charge on any atom is -0.477 e. The van der Waals surface area contributed by atoms with E-state index in [2.05, 4.69) is 4.98 Å².